The first-order chi connectivity index (χ1) is 8.51. The monoisotopic (exact) mass is 284 g/mol. The van der Waals surface area contributed by atoms with E-state index in [-0.39, 0.29) is 5.92 Å². The fourth-order valence-corrected chi connectivity index (χ4v) is 3.85. The number of sulfonamides is 1. The van der Waals surface area contributed by atoms with Gasteiger partial charge in [0.15, 0.2) is 0 Å². The summed E-state index contributed by atoms with van der Waals surface area (Å²) in [6, 6.07) is 8.51. The third kappa shape index (κ3) is 2.71. The van der Waals surface area contributed by atoms with Gasteiger partial charge in [-0.2, -0.15) is 4.31 Å². The number of benzene rings is 1. The highest BCUT2D eigenvalue weighted by Crippen LogP contribution is 2.23. The number of nitrogens with two attached hydrogens (primary N) is 1. The Kier molecular flexibility index (Phi) is 3.99. The predicted molar refractivity (Wildman–Crippen MR) is 74.7 cm³/mol. The Morgan fingerprint density at radius 3 is 2.28 bits per heavy atom. The van der Waals surface area contributed by atoms with Gasteiger partial charge in [0.05, 0.1) is 9.88 Å². The van der Waals surface area contributed by atoms with Gasteiger partial charge in [0, 0.05) is 19.0 Å². The van der Waals surface area contributed by atoms with Crippen molar-refractivity contribution in [3.8, 4) is 0 Å². The van der Waals surface area contributed by atoms with E-state index in [1.165, 1.54) is 4.31 Å². The molecule has 1 aromatic carbocycles. The molecule has 0 atom stereocenters. The van der Waals surface area contributed by atoms with Crippen LogP contribution in [-0.4, -0.2) is 30.8 Å². The van der Waals surface area contributed by atoms with Crippen LogP contribution in [0.25, 0.3) is 0 Å². The zero-order valence-corrected chi connectivity index (χ0v) is 11.6. The minimum Gasteiger partial charge on any atom is -0.393 e. The summed E-state index contributed by atoms with van der Waals surface area (Å²) >= 11 is 4.95. The van der Waals surface area contributed by atoms with E-state index < -0.39 is 10.0 Å². The van der Waals surface area contributed by atoms with Crippen molar-refractivity contribution < 1.29 is 8.42 Å². The van der Waals surface area contributed by atoms with Crippen molar-refractivity contribution in [2.24, 2.45) is 11.7 Å². The van der Waals surface area contributed by atoms with Gasteiger partial charge in [-0.15, -0.1) is 0 Å². The van der Waals surface area contributed by atoms with E-state index in [9.17, 15) is 8.42 Å². The van der Waals surface area contributed by atoms with E-state index in [1.54, 1.807) is 30.3 Å². The zero-order chi connectivity index (χ0) is 13.2. The standard InChI is InChI=1S/C12H16N2O2S2/c13-12(17)10-6-8-14(9-7-10)18(15,16)11-4-2-1-3-5-11/h1-5,10H,6-9H2,(H2,13,17). The van der Waals surface area contributed by atoms with E-state index in [0.717, 1.165) is 0 Å². The Morgan fingerprint density at radius 2 is 1.78 bits per heavy atom. The summed E-state index contributed by atoms with van der Waals surface area (Å²) in [7, 11) is -3.36. The summed E-state index contributed by atoms with van der Waals surface area (Å²) in [5, 5.41) is 0. The third-order valence-corrected chi connectivity index (χ3v) is 5.48. The first kappa shape index (κ1) is 13.5. The van der Waals surface area contributed by atoms with Crippen LogP contribution >= 0.6 is 12.2 Å². The number of rotatable bonds is 3. The molecule has 0 radical (unpaired) electrons. The van der Waals surface area contributed by atoms with Crippen molar-refractivity contribution in [3.05, 3.63) is 30.3 Å². The molecular formula is C12H16N2O2S2. The van der Waals surface area contributed by atoms with Crippen LogP contribution in [0.4, 0.5) is 0 Å². The van der Waals surface area contributed by atoms with Crippen molar-refractivity contribution in [3.63, 3.8) is 0 Å². The van der Waals surface area contributed by atoms with Crippen LogP contribution in [0.1, 0.15) is 12.8 Å². The first-order valence-corrected chi connectivity index (χ1v) is 7.71. The van der Waals surface area contributed by atoms with Crippen molar-refractivity contribution >= 4 is 27.2 Å². The van der Waals surface area contributed by atoms with Crippen LogP contribution in [0.3, 0.4) is 0 Å². The first-order valence-electron chi connectivity index (χ1n) is 5.86. The average molecular weight is 284 g/mol. The van der Waals surface area contributed by atoms with E-state index in [0.29, 0.717) is 35.8 Å². The molecule has 1 aliphatic heterocycles. The molecule has 0 bridgehead atoms. The summed E-state index contributed by atoms with van der Waals surface area (Å²) in [6.45, 7) is 0.971. The summed E-state index contributed by atoms with van der Waals surface area (Å²) in [6.07, 6.45) is 1.42. The Bertz CT molecular complexity index is 520. The van der Waals surface area contributed by atoms with Crippen molar-refractivity contribution in [1.82, 2.24) is 4.31 Å². The molecular weight excluding hydrogens is 268 g/mol. The Morgan fingerprint density at radius 1 is 1.22 bits per heavy atom. The minimum absolute atomic E-state index is 0.169. The number of thiocarbonyl (C=S) groups is 1. The van der Waals surface area contributed by atoms with Gasteiger partial charge in [-0.05, 0) is 25.0 Å². The molecule has 6 heteroatoms. The summed E-state index contributed by atoms with van der Waals surface area (Å²) in [5.74, 6) is 0.169. The number of hydrogen-bond acceptors (Lipinski definition) is 3. The van der Waals surface area contributed by atoms with E-state index in [4.69, 9.17) is 18.0 Å². The smallest absolute Gasteiger partial charge is 0.243 e. The second-order valence-electron chi connectivity index (χ2n) is 4.39. The zero-order valence-electron chi connectivity index (χ0n) is 9.95. The molecule has 18 heavy (non-hydrogen) atoms. The molecule has 0 saturated carbocycles. The fraction of sp³-hybridized carbons (Fsp3) is 0.417. The van der Waals surface area contributed by atoms with Crippen LogP contribution < -0.4 is 5.73 Å². The number of nitrogens with zero attached hydrogens (tertiary/aromatic N) is 1. The van der Waals surface area contributed by atoms with Gasteiger partial charge in [-0.3, -0.25) is 0 Å². The largest absolute Gasteiger partial charge is 0.393 e. The van der Waals surface area contributed by atoms with Gasteiger partial charge < -0.3 is 5.73 Å². The molecule has 0 aromatic heterocycles. The predicted octanol–water partition coefficient (Wildman–Crippen LogP) is 1.37. The molecule has 0 spiro atoms. The highest BCUT2D eigenvalue weighted by molar-refractivity contribution is 7.89. The van der Waals surface area contributed by atoms with Gasteiger partial charge in [0.25, 0.3) is 0 Å². The highest BCUT2D eigenvalue weighted by Gasteiger charge is 2.29. The molecule has 1 fully saturated rings. The second-order valence-corrected chi connectivity index (χ2v) is 6.80. The van der Waals surface area contributed by atoms with Gasteiger partial charge in [0.1, 0.15) is 0 Å². The average Bonchev–Trinajstić information content (AvgIpc) is 2.40. The van der Waals surface area contributed by atoms with Crippen molar-refractivity contribution in [1.29, 1.82) is 0 Å². The maximum Gasteiger partial charge on any atom is 0.243 e. The topological polar surface area (TPSA) is 63.4 Å². The van der Waals surface area contributed by atoms with E-state index >= 15 is 0 Å². The molecule has 0 aliphatic carbocycles. The normalized spacial score (nSPS) is 18.7. The van der Waals surface area contributed by atoms with Gasteiger partial charge in [-0.25, -0.2) is 8.42 Å². The molecule has 0 amide bonds. The van der Waals surface area contributed by atoms with Gasteiger partial charge >= 0.3 is 0 Å². The molecule has 1 heterocycles. The fourth-order valence-electron chi connectivity index (χ4n) is 2.12. The summed E-state index contributed by atoms with van der Waals surface area (Å²) in [5.41, 5.74) is 5.60. The van der Waals surface area contributed by atoms with E-state index in [1.807, 2.05) is 0 Å². The van der Waals surface area contributed by atoms with Crippen LogP contribution in [0.2, 0.25) is 0 Å². The lowest BCUT2D eigenvalue weighted by molar-refractivity contribution is 0.316. The molecule has 1 aromatic rings. The molecule has 1 aliphatic rings. The van der Waals surface area contributed by atoms with E-state index in [2.05, 4.69) is 0 Å². The minimum atomic E-state index is -3.36. The highest BCUT2D eigenvalue weighted by atomic mass is 32.2. The Labute approximate surface area is 113 Å². The maximum absolute atomic E-state index is 12.3. The lowest BCUT2D eigenvalue weighted by atomic mass is 9.98. The Hall–Kier alpha value is -0.980. The Balaban J connectivity index is 2.12. The summed E-state index contributed by atoms with van der Waals surface area (Å²) in [4.78, 5) is 0.838. The van der Waals surface area contributed by atoms with Crippen molar-refractivity contribution in [2.45, 2.75) is 17.7 Å². The summed E-state index contributed by atoms with van der Waals surface area (Å²) < 4.78 is 26.2. The van der Waals surface area contributed by atoms with Crippen LogP contribution in [-0.2, 0) is 10.0 Å². The molecule has 2 N–H and O–H groups in total. The lowest BCUT2D eigenvalue weighted by Crippen LogP contribution is -2.41. The van der Waals surface area contributed by atoms with Crippen LogP contribution in [0.15, 0.2) is 35.2 Å². The molecule has 98 valence electrons. The quantitative estimate of drug-likeness (QED) is 0.852. The maximum atomic E-state index is 12.3. The number of piperidine rings is 1. The van der Waals surface area contributed by atoms with Gasteiger partial charge in [0.2, 0.25) is 10.0 Å². The lowest BCUT2D eigenvalue weighted by Gasteiger charge is -2.30. The molecule has 4 nitrogen and oxygen atoms in total. The molecule has 2 rings (SSSR count). The van der Waals surface area contributed by atoms with Crippen LogP contribution in [0, 0.1) is 5.92 Å². The molecule has 0 unspecified atom stereocenters. The second kappa shape index (κ2) is 5.34. The van der Waals surface area contributed by atoms with Crippen molar-refractivity contribution in [2.75, 3.05) is 13.1 Å². The third-order valence-electron chi connectivity index (χ3n) is 3.24. The van der Waals surface area contributed by atoms with Gasteiger partial charge in [-0.1, -0.05) is 30.4 Å². The van der Waals surface area contributed by atoms with Crippen LogP contribution in [0.5, 0.6) is 0 Å². The molecule has 1 saturated heterocycles. The SMILES string of the molecule is NC(=S)C1CCN(S(=O)(=O)c2ccccc2)CC1. The number of hydrogen-bond donors (Lipinski definition) is 1.